The van der Waals surface area contributed by atoms with E-state index in [1.807, 2.05) is 0 Å². The second-order valence-electron chi connectivity index (χ2n) is 5.79. The molecule has 0 spiro atoms. The fraction of sp³-hybridized carbons (Fsp3) is 0.600. The number of nitrogens with zero attached hydrogens (tertiary/aromatic N) is 2. The topological polar surface area (TPSA) is 38.9 Å². The van der Waals surface area contributed by atoms with E-state index in [4.69, 9.17) is 4.42 Å². The first-order valence-corrected chi connectivity index (χ1v) is 6.71. The summed E-state index contributed by atoms with van der Waals surface area (Å²) in [5.41, 5.74) is 2.83. The standard InChI is InChI=1S/C15H22N2O/c1-8(2)12-7-11-14(18-12)13(9(3)4)17-15(16-11)10(5)6/h7-10H,1-6H3. The summed E-state index contributed by atoms with van der Waals surface area (Å²) in [6.07, 6.45) is 0. The molecule has 0 fully saturated rings. The van der Waals surface area contributed by atoms with Crippen LogP contribution < -0.4 is 0 Å². The van der Waals surface area contributed by atoms with Crippen molar-refractivity contribution in [2.24, 2.45) is 0 Å². The Balaban J connectivity index is 2.69. The molecule has 2 rings (SSSR count). The minimum absolute atomic E-state index is 0.337. The van der Waals surface area contributed by atoms with Crippen LogP contribution in [0.3, 0.4) is 0 Å². The Hall–Kier alpha value is -1.38. The minimum Gasteiger partial charge on any atom is -0.457 e. The SMILES string of the molecule is CC(C)c1nc(C(C)C)c2oc(C(C)C)cc2n1. The molecule has 0 aliphatic carbocycles. The van der Waals surface area contributed by atoms with Crippen LogP contribution in [0.2, 0.25) is 0 Å². The average Bonchev–Trinajstić information content (AvgIpc) is 2.70. The summed E-state index contributed by atoms with van der Waals surface area (Å²) in [5, 5.41) is 0. The van der Waals surface area contributed by atoms with E-state index in [1.165, 1.54) is 0 Å². The quantitative estimate of drug-likeness (QED) is 0.794. The summed E-state index contributed by atoms with van der Waals surface area (Å²) in [6, 6.07) is 2.06. The van der Waals surface area contributed by atoms with Crippen molar-refractivity contribution in [1.82, 2.24) is 9.97 Å². The molecule has 0 unspecified atom stereocenters. The molecule has 3 heteroatoms. The Labute approximate surface area is 109 Å². The molecule has 0 aromatic carbocycles. The summed E-state index contributed by atoms with van der Waals surface area (Å²) in [4.78, 5) is 9.28. The summed E-state index contributed by atoms with van der Waals surface area (Å²) in [6.45, 7) is 12.8. The lowest BCUT2D eigenvalue weighted by atomic mass is 10.1. The highest BCUT2D eigenvalue weighted by atomic mass is 16.3. The van der Waals surface area contributed by atoms with Gasteiger partial charge in [0.15, 0.2) is 5.58 Å². The molecule has 0 bridgehead atoms. The Morgan fingerprint density at radius 2 is 1.56 bits per heavy atom. The fourth-order valence-electron chi connectivity index (χ4n) is 1.92. The third-order valence-corrected chi connectivity index (χ3v) is 3.07. The summed E-state index contributed by atoms with van der Waals surface area (Å²) < 4.78 is 5.93. The van der Waals surface area contributed by atoms with Crippen LogP contribution >= 0.6 is 0 Å². The molecule has 98 valence electrons. The van der Waals surface area contributed by atoms with Gasteiger partial charge in [0.2, 0.25) is 0 Å². The smallest absolute Gasteiger partial charge is 0.174 e. The van der Waals surface area contributed by atoms with Crippen molar-refractivity contribution < 1.29 is 4.42 Å². The highest BCUT2D eigenvalue weighted by Gasteiger charge is 2.18. The summed E-state index contributed by atoms with van der Waals surface area (Å²) in [7, 11) is 0. The lowest BCUT2D eigenvalue weighted by Crippen LogP contribution is -2.03. The Morgan fingerprint density at radius 3 is 2.06 bits per heavy atom. The largest absolute Gasteiger partial charge is 0.457 e. The number of hydrogen-bond donors (Lipinski definition) is 0. The molecule has 2 heterocycles. The number of rotatable bonds is 3. The van der Waals surface area contributed by atoms with E-state index in [1.54, 1.807) is 0 Å². The highest BCUT2D eigenvalue weighted by Crippen LogP contribution is 2.30. The first-order chi connectivity index (χ1) is 8.40. The third-order valence-electron chi connectivity index (χ3n) is 3.07. The van der Waals surface area contributed by atoms with Gasteiger partial charge < -0.3 is 4.42 Å². The first kappa shape index (κ1) is 13.1. The number of fused-ring (bicyclic) bond motifs is 1. The maximum atomic E-state index is 5.93. The molecule has 3 nitrogen and oxygen atoms in total. The predicted molar refractivity (Wildman–Crippen MR) is 74.1 cm³/mol. The van der Waals surface area contributed by atoms with E-state index in [0.29, 0.717) is 17.8 Å². The molecule has 0 atom stereocenters. The molecule has 0 saturated carbocycles. The van der Waals surface area contributed by atoms with E-state index >= 15 is 0 Å². The fourth-order valence-corrected chi connectivity index (χ4v) is 1.92. The summed E-state index contributed by atoms with van der Waals surface area (Å²) in [5.74, 6) is 2.95. The molecule has 2 aromatic heterocycles. The lowest BCUT2D eigenvalue weighted by molar-refractivity contribution is 0.514. The zero-order valence-corrected chi connectivity index (χ0v) is 12.1. The highest BCUT2D eigenvalue weighted by molar-refractivity contribution is 5.76. The van der Waals surface area contributed by atoms with Gasteiger partial charge in [0.05, 0.1) is 5.69 Å². The van der Waals surface area contributed by atoms with E-state index in [0.717, 1.165) is 28.4 Å². The van der Waals surface area contributed by atoms with Crippen molar-refractivity contribution in [1.29, 1.82) is 0 Å². The van der Waals surface area contributed by atoms with Gasteiger partial charge in [-0.3, -0.25) is 0 Å². The van der Waals surface area contributed by atoms with Crippen molar-refractivity contribution in [3.8, 4) is 0 Å². The molecule has 0 amide bonds. The second kappa shape index (κ2) is 4.71. The van der Waals surface area contributed by atoms with E-state index in [-0.39, 0.29) is 0 Å². The monoisotopic (exact) mass is 246 g/mol. The van der Waals surface area contributed by atoms with Crippen LogP contribution in [0, 0.1) is 0 Å². The van der Waals surface area contributed by atoms with Crippen LogP contribution in [0.15, 0.2) is 10.5 Å². The average molecular weight is 246 g/mol. The van der Waals surface area contributed by atoms with Gasteiger partial charge in [0, 0.05) is 17.9 Å². The van der Waals surface area contributed by atoms with Gasteiger partial charge in [-0.15, -0.1) is 0 Å². The zero-order chi connectivity index (χ0) is 13.4. The Morgan fingerprint density at radius 1 is 0.889 bits per heavy atom. The van der Waals surface area contributed by atoms with Gasteiger partial charge in [-0.05, 0) is 5.92 Å². The maximum Gasteiger partial charge on any atom is 0.174 e. The Bertz CT molecular complexity index is 553. The normalized spacial score (nSPS) is 12.3. The number of hydrogen-bond acceptors (Lipinski definition) is 3. The van der Waals surface area contributed by atoms with Crippen molar-refractivity contribution in [3.63, 3.8) is 0 Å². The first-order valence-electron chi connectivity index (χ1n) is 6.71. The van der Waals surface area contributed by atoms with Crippen LogP contribution in [0.1, 0.15) is 76.6 Å². The minimum atomic E-state index is 0.337. The molecule has 0 aliphatic rings. The van der Waals surface area contributed by atoms with Crippen molar-refractivity contribution >= 4 is 11.1 Å². The third kappa shape index (κ3) is 2.26. The molecule has 0 N–H and O–H groups in total. The van der Waals surface area contributed by atoms with Gasteiger partial charge >= 0.3 is 0 Å². The second-order valence-corrected chi connectivity index (χ2v) is 5.79. The van der Waals surface area contributed by atoms with Crippen LogP contribution in [-0.4, -0.2) is 9.97 Å². The van der Waals surface area contributed by atoms with Crippen molar-refractivity contribution in [2.75, 3.05) is 0 Å². The van der Waals surface area contributed by atoms with Gasteiger partial charge in [-0.2, -0.15) is 0 Å². The van der Waals surface area contributed by atoms with Crippen molar-refractivity contribution in [3.05, 3.63) is 23.3 Å². The maximum absolute atomic E-state index is 5.93. The van der Waals surface area contributed by atoms with E-state index in [2.05, 4.69) is 57.6 Å². The molecule has 0 saturated heterocycles. The zero-order valence-electron chi connectivity index (χ0n) is 12.1. The van der Waals surface area contributed by atoms with Gasteiger partial charge in [-0.25, -0.2) is 9.97 Å². The Kier molecular flexibility index (Phi) is 3.42. The number of aromatic nitrogens is 2. The van der Waals surface area contributed by atoms with Crippen LogP contribution in [-0.2, 0) is 0 Å². The molecule has 18 heavy (non-hydrogen) atoms. The van der Waals surface area contributed by atoms with Crippen LogP contribution in [0.5, 0.6) is 0 Å². The van der Waals surface area contributed by atoms with Gasteiger partial charge in [0.1, 0.15) is 17.1 Å². The van der Waals surface area contributed by atoms with E-state index < -0.39 is 0 Å². The summed E-state index contributed by atoms with van der Waals surface area (Å²) >= 11 is 0. The molecule has 0 aliphatic heterocycles. The van der Waals surface area contributed by atoms with Crippen molar-refractivity contribution in [2.45, 2.75) is 59.3 Å². The van der Waals surface area contributed by atoms with Gasteiger partial charge in [0.25, 0.3) is 0 Å². The van der Waals surface area contributed by atoms with Gasteiger partial charge in [-0.1, -0.05) is 41.5 Å². The molecule has 2 aromatic rings. The number of furan rings is 1. The molecule has 0 radical (unpaired) electrons. The van der Waals surface area contributed by atoms with E-state index in [9.17, 15) is 0 Å². The van der Waals surface area contributed by atoms with Crippen LogP contribution in [0.4, 0.5) is 0 Å². The molecular weight excluding hydrogens is 224 g/mol. The molecular formula is C15H22N2O. The predicted octanol–water partition coefficient (Wildman–Crippen LogP) is 4.59. The lowest BCUT2D eigenvalue weighted by Gasteiger charge is -2.09. The van der Waals surface area contributed by atoms with Crippen LogP contribution in [0.25, 0.3) is 11.1 Å².